The summed E-state index contributed by atoms with van der Waals surface area (Å²) >= 11 is 5.92. The zero-order chi connectivity index (χ0) is 15.0. The maximum Gasteiger partial charge on any atom is 0.337 e. The molecule has 0 aliphatic carbocycles. The maximum atomic E-state index is 14.3. The van der Waals surface area contributed by atoms with Gasteiger partial charge >= 0.3 is 5.97 Å². The Bertz CT molecular complexity index is 844. The number of methoxy groups -OCH3 is 1. The number of esters is 1. The van der Waals surface area contributed by atoms with Crippen molar-refractivity contribution in [2.75, 3.05) is 7.11 Å². The van der Waals surface area contributed by atoms with E-state index in [0.717, 1.165) is 6.07 Å². The largest absolute Gasteiger partial charge is 0.465 e. The van der Waals surface area contributed by atoms with Crippen molar-refractivity contribution in [1.82, 2.24) is 4.98 Å². The highest BCUT2D eigenvalue weighted by Crippen LogP contribution is 2.31. The van der Waals surface area contributed by atoms with E-state index in [4.69, 9.17) is 16.0 Å². The van der Waals surface area contributed by atoms with Gasteiger partial charge in [-0.25, -0.2) is 14.2 Å². The molecule has 3 rings (SSSR count). The second-order valence-corrected chi connectivity index (χ2v) is 4.70. The lowest BCUT2D eigenvalue weighted by Gasteiger charge is -2.06. The van der Waals surface area contributed by atoms with E-state index in [-0.39, 0.29) is 16.3 Å². The normalized spacial score (nSPS) is 10.8. The first-order valence-corrected chi connectivity index (χ1v) is 6.40. The van der Waals surface area contributed by atoms with Crippen LogP contribution in [0.4, 0.5) is 4.39 Å². The van der Waals surface area contributed by atoms with Gasteiger partial charge in [-0.05, 0) is 24.3 Å². The van der Waals surface area contributed by atoms with Crippen LogP contribution in [0, 0.1) is 5.82 Å². The van der Waals surface area contributed by atoms with Crippen molar-refractivity contribution in [3.05, 3.63) is 53.1 Å². The fraction of sp³-hybridized carbons (Fsp3) is 0.0667. The van der Waals surface area contributed by atoms with Crippen LogP contribution in [0.25, 0.3) is 22.2 Å². The topological polar surface area (TPSA) is 52.3 Å². The van der Waals surface area contributed by atoms with Crippen LogP contribution in [0.15, 0.2) is 41.0 Å². The smallest absolute Gasteiger partial charge is 0.337 e. The third-order valence-corrected chi connectivity index (χ3v) is 3.26. The van der Waals surface area contributed by atoms with Crippen LogP contribution in [-0.4, -0.2) is 18.1 Å². The third kappa shape index (κ3) is 2.36. The third-order valence-electron chi connectivity index (χ3n) is 3.06. The molecule has 0 unspecified atom stereocenters. The van der Waals surface area contributed by atoms with Crippen molar-refractivity contribution in [3.8, 4) is 11.3 Å². The highest BCUT2D eigenvalue weighted by Gasteiger charge is 2.16. The summed E-state index contributed by atoms with van der Waals surface area (Å²) in [5.74, 6) is -1.19. The van der Waals surface area contributed by atoms with Crippen molar-refractivity contribution in [1.29, 1.82) is 0 Å². The maximum absolute atomic E-state index is 14.3. The zero-order valence-corrected chi connectivity index (χ0v) is 11.6. The average molecular weight is 306 g/mol. The van der Waals surface area contributed by atoms with E-state index in [1.807, 2.05) is 0 Å². The number of nitrogens with zero attached hydrogens (tertiary/aromatic N) is 1. The quantitative estimate of drug-likeness (QED) is 0.529. The van der Waals surface area contributed by atoms with Gasteiger partial charge in [0.1, 0.15) is 16.6 Å². The number of carbonyl (C=O) groups excluding carboxylic acids is 1. The fourth-order valence-electron chi connectivity index (χ4n) is 2.09. The van der Waals surface area contributed by atoms with Crippen LogP contribution in [-0.2, 0) is 4.74 Å². The summed E-state index contributed by atoms with van der Waals surface area (Å²) in [5.41, 5.74) is 1.24. The molecule has 2 aromatic heterocycles. The van der Waals surface area contributed by atoms with Gasteiger partial charge < -0.3 is 9.15 Å². The summed E-state index contributed by atoms with van der Waals surface area (Å²) in [5, 5.41) is 0.841. The Hall–Kier alpha value is -2.40. The number of carbonyl (C=O) groups is 1. The molecule has 0 atom stereocenters. The van der Waals surface area contributed by atoms with Crippen LogP contribution in [0.5, 0.6) is 0 Å². The standard InChI is InChI=1S/C15H9ClFNO3/c1-20-15(19)8-2-3-9(11(17)6-8)14-10-4-5-21-12(10)7-13(16)18-14/h2-7H,1H3. The van der Waals surface area contributed by atoms with Crippen LogP contribution in [0.2, 0.25) is 5.15 Å². The number of rotatable bonds is 2. The lowest BCUT2D eigenvalue weighted by atomic mass is 10.0. The van der Waals surface area contributed by atoms with Crippen LogP contribution >= 0.6 is 11.6 Å². The Morgan fingerprint density at radius 1 is 1.33 bits per heavy atom. The molecule has 0 spiro atoms. The molecule has 0 saturated heterocycles. The fourth-order valence-corrected chi connectivity index (χ4v) is 2.28. The number of hydrogen-bond donors (Lipinski definition) is 0. The Morgan fingerprint density at radius 2 is 2.14 bits per heavy atom. The Morgan fingerprint density at radius 3 is 2.86 bits per heavy atom. The average Bonchev–Trinajstić information content (AvgIpc) is 2.93. The summed E-state index contributed by atoms with van der Waals surface area (Å²) in [4.78, 5) is 15.5. The van der Waals surface area contributed by atoms with E-state index in [1.165, 1.54) is 25.5 Å². The van der Waals surface area contributed by atoms with Crippen molar-refractivity contribution in [3.63, 3.8) is 0 Å². The Balaban J connectivity index is 2.19. The summed E-state index contributed by atoms with van der Waals surface area (Å²) in [6.45, 7) is 0. The second-order valence-electron chi connectivity index (χ2n) is 4.31. The van der Waals surface area contributed by atoms with E-state index in [2.05, 4.69) is 9.72 Å². The summed E-state index contributed by atoms with van der Waals surface area (Å²) in [6, 6.07) is 7.28. The van der Waals surface area contributed by atoms with Gasteiger partial charge in [-0.2, -0.15) is 0 Å². The number of benzene rings is 1. The summed E-state index contributed by atoms with van der Waals surface area (Å²) < 4.78 is 24.1. The predicted octanol–water partition coefficient (Wildman–Crippen LogP) is 4.07. The molecule has 4 nitrogen and oxygen atoms in total. The molecule has 0 N–H and O–H groups in total. The Labute approximate surface area is 124 Å². The molecule has 0 aliphatic heterocycles. The van der Waals surface area contributed by atoms with E-state index in [9.17, 15) is 9.18 Å². The van der Waals surface area contributed by atoms with E-state index >= 15 is 0 Å². The van der Waals surface area contributed by atoms with Gasteiger partial charge in [-0.1, -0.05) is 11.6 Å². The lowest BCUT2D eigenvalue weighted by molar-refractivity contribution is 0.0600. The van der Waals surface area contributed by atoms with Crippen molar-refractivity contribution >= 4 is 28.5 Å². The van der Waals surface area contributed by atoms with E-state index in [0.29, 0.717) is 16.7 Å². The minimum atomic E-state index is -0.604. The molecule has 0 radical (unpaired) electrons. The first kappa shape index (κ1) is 13.6. The van der Waals surface area contributed by atoms with Gasteiger partial charge in [0, 0.05) is 17.0 Å². The second kappa shape index (κ2) is 5.18. The lowest BCUT2D eigenvalue weighted by Crippen LogP contribution is -2.02. The molecular weight excluding hydrogens is 297 g/mol. The number of pyridine rings is 1. The van der Waals surface area contributed by atoms with Crippen molar-refractivity contribution in [2.45, 2.75) is 0 Å². The number of hydrogen-bond acceptors (Lipinski definition) is 4. The van der Waals surface area contributed by atoms with E-state index in [1.54, 1.807) is 12.1 Å². The molecule has 3 aromatic rings. The number of ether oxygens (including phenoxy) is 1. The van der Waals surface area contributed by atoms with Gasteiger partial charge in [0.15, 0.2) is 0 Å². The highest BCUT2D eigenvalue weighted by atomic mass is 35.5. The minimum Gasteiger partial charge on any atom is -0.465 e. The monoisotopic (exact) mass is 305 g/mol. The van der Waals surface area contributed by atoms with Crippen LogP contribution in [0.3, 0.4) is 0 Å². The molecule has 2 heterocycles. The summed E-state index contributed by atoms with van der Waals surface area (Å²) in [7, 11) is 1.24. The molecule has 106 valence electrons. The SMILES string of the molecule is COC(=O)c1ccc(-c2nc(Cl)cc3occc23)c(F)c1. The number of halogens is 2. The summed E-state index contributed by atoms with van der Waals surface area (Å²) in [6.07, 6.45) is 1.48. The van der Waals surface area contributed by atoms with Crippen molar-refractivity contribution < 1.29 is 18.3 Å². The van der Waals surface area contributed by atoms with Crippen LogP contribution < -0.4 is 0 Å². The molecule has 6 heteroatoms. The molecule has 0 aliphatic rings. The molecule has 0 saturated carbocycles. The van der Waals surface area contributed by atoms with Gasteiger partial charge in [0.25, 0.3) is 0 Å². The first-order valence-electron chi connectivity index (χ1n) is 6.02. The predicted molar refractivity (Wildman–Crippen MR) is 75.8 cm³/mol. The molecule has 1 aromatic carbocycles. The molecule has 0 amide bonds. The molecule has 0 fully saturated rings. The molecule has 21 heavy (non-hydrogen) atoms. The highest BCUT2D eigenvalue weighted by molar-refractivity contribution is 6.30. The Kier molecular flexibility index (Phi) is 3.35. The minimum absolute atomic E-state index is 0.129. The van der Waals surface area contributed by atoms with Gasteiger partial charge in [-0.3, -0.25) is 0 Å². The molecule has 0 bridgehead atoms. The van der Waals surface area contributed by atoms with Crippen molar-refractivity contribution in [2.24, 2.45) is 0 Å². The first-order chi connectivity index (χ1) is 10.1. The van der Waals surface area contributed by atoms with Crippen LogP contribution in [0.1, 0.15) is 10.4 Å². The number of furan rings is 1. The van der Waals surface area contributed by atoms with Gasteiger partial charge in [-0.15, -0.1) is 0 Å². The van der Waals surface area contributed by atoms with Gasteiger partial charge in [0.05, 0.1) is 24.6 Å². The van der Waals surface area contributed by atoms with Gasteiger partial charge in [0.2, 0.25) is 0 Å². The molecular formula is C15H9ClFNO3. The van der Waals surface area contributed by atoms with E-state index < -0.39 is 11.8 Å². The number of fused-ring (bicyclic) bond motifs is 1. The number of aromatic nitrogens is 1. The zero-order valence-electron chi connectivity index (χ0n) is 10.9.